The van der Waals surface area contributed by atoms with E-state index in [0.29, 0.717) is 11.4 Å². The van der Waals surface area contributed by atoms with Gasteiger partial charge in [0.2, 0.25) is 0 Å². The van der Waals surface area contributed by atoms with Crippen molar-refractivity contribution in [3.63, 3.8) is 0 Å². The average molecular weight is 371 g/mol. The molecule has 3 heterocycles. The van der Waals surface area contributed by atoms with Crippen LogP contribution < -0.4 is 4.72 Å². The quantitative estimate of drug-likeness (QED) is 0.596. The summed E-state index contributed by atoms with van der Waals surface area (Å²) in [5.74, 6) is 0. The molecule has 0 amide bonds. The van der Waals surface area contributed by atoms with Crippen LogP contribution in [0.1, 0.15) is 0 Å². The maximum absolute atomic E-state index is 12.7. The minimum atomic E-state index is -3.75. The number of hydrogen-bond acceptors (Lipinski definition) is 6. The number of rotatable bonds is 4. The van der Waals surface area contributed by atoms with E-state index in [1.807, 2.05) is 6.07 Å². The number of hydrogen-bond donors (Lipinski definition) is 1. The Labute approximate surface area is 148 Å². The van der Waals surface area contributed by atoms with Gasteiger partial charge in [-0.3, -0.25) is 19.4 Å². The molecular weight excluding hydrogens is 358 g/mol. The number of para-hydroxylation sites is 1. The summed E-state index contributed by atoms with van der Waals surface area (Å²) in [4.78, 5) is 9.21. The number of fused-ring (bicyclic) bond motifs is 1. The van der Waals surface area contributed by atoms with Crippen molar-refractivity contribution in [3.8, 4) is 10.6 Å². The van der Waals surface area contributed by atoms with Crippen LogP contribution in [0.5, 0.6) is 0 Å². The first-order valence-corrected chi connectivity index (χ1v) is 9.69. The molecule has 25 heavy (non-hydrogen) atoms. The number of nitrogens with zero attached hydrogens (tertiary/aromatic N) is 4. The fraction of sp³-hybridized carbons (Fsp3) is 0.0625. The Morgan fingerprint density at radius 3 is 2.72 bits per heavy atom. The van der Waals surface area contributed by atoms with Crippen molar-refractivity contribution < 1.29 is 8.42 Å². The lowest BCUT2D eigenvalue weighted by atomic mass is 10.2. The molecule has 0 aliphatic heterocycles. The molecule has 4 rings (SSSR count). The number of aryl methyl sites for hydroxylation is 1. The van der Waals surface area contributed by atoms with Crippen LogP contribution in [0.25, 0.3) is 21.5 Å². The average Bonchev–Trinajstić information content (AvgIpc) is 3.26. The van der Waals surface area contributed by atoms with Gasteiger partial charge in [-0.25, -0.2) is 8.42 Å². The fourth-order valence-corrected chi connectivity index (χ4v) is 4.16. The normalized spacial score (nSPS) is 11.7. The predicted octanol–water partition coefficient (Wildman–Crippen LogP) is 2.89. The van der Waals surface area contributed by atoms with Gasteiger partial charge in [0, 0.05) is 24.8 Å². The van der Waals surface area contributed by atoms with Gasteiger partial charge in [-0.05, 0) is 18.2 Å². The lowest BCUT2D eigenvalue weighted by Gasteiger charge is -2.10. The molecule has 0 radical (unpaired) electrons. The van der Waals surface area contributed by atoms with Gasteiger partial charge in [-0.15, -0.1) is 11.3 Å². The van der Waals surface area contributed by atoms with Gasteiger partial charge in [0.05, 0.1) is 33.5 Å². The number of aromatic nitrogens is 4. The fourth-order valence-electron chi connectivity index (χ4n) is 2.55. The van der Waals surface area contributed by atoms with Gasteiger partial charge in [-0.1, -0.05) is 12.1 Å². The maximum Gasteiger partial charge on any atom is 0.263 e. The molecule has 0 aliphatic carbocycles. The standard InChI is InChI=1S/C16H13N5O2S2/c1-21-16-11(7-19-21)3-2-4-14(16)20-25(22,23)12-5-6-13(18-8-12)15-9-17-10-24-15/h2-10,20H,1H3. The monoisotopic (exact) mass is 371 g/mol. The molecule has 0 saturated heterocycles. The molecule has 0 aliphatic rings. The smallest absolute Gasteiger partial charge is 0.263 e. The van der Waals surface area contributed by atoms with E-state index in [4.69, 9.17) is 0 Å². The summed E-state index contributed by atoms with van der Waals surface area (Å²) in [6.45, 7) is 0. The highest BCUT2D eigenvalue weighted by Gasteiger charge is 2.17. The van der Waals surface area contributed by atoms with Crippen molar-refractivity contribution in [2.45, 2.75) is 4.90 Å². The highest BCUT2D eigenvalue weighted by atomic mass is 32.2. The molecule has 7 nitrogen and oxygen atoms in total. The second-order valence-electron chi connectivity index (χ2n) is 5.36. The van der Waals surface area contributed by atoms with Gasteiger partial charge in [0.25, 0.3) is 10.0 Å². The van der Waals surface area contributed by atoms with Crippen molar-refractivity contribution in [2.75, 3.05) is 4.72 Å². The molecule has 1 aromatic carbocycles. The van der Waals surface area contributed by atoms with Gasteiger partial charge in [0.1, 0.15) is 4.90 Å². The van der Waals surface area contributed by atoms with E-state index < -0.39 is 10.0 Å². The summed E-state index contributed by atoms with van der Waals surface area (Å²) >= 11 is 1.45. The first kappa shape index (κ1) is 15.7. The second kappa shape index (κ2) is 5.94. The maximum atomic E-state index is 12.7. The Bertz CT molecular complexity index is 1130. The van der Waals surface area contributed by atoms with Crippen LogP contribution in [0, 0.1) is 0 Å². The molecule has 0 unspecified atom stereocenters. The number of thiazole rings is 1. The molecule has 0 fully saturated rings. The third-order valence-electron chi connectivity index (χ3n) is 3.74. The van der Waals surface area contributed by atoms with Crippen LogP contribution in [0.4, 0.5) is 5.69 Å². The molecule has 0 atom stereocenters. The lowest BCUT2D eigenvalue weighted by molar-refractivity contribution is 0.601. The Morgan fingerprint density at radius 2 is 2.00 bits per heavy atom. The Hall–Kier alpha value is -2.78. The van der Waals surface area contributed by atoms with Crippen LogP contribution in [0.15, 0.2) is 59.3 Å². The zero-order valence-corrected chi connectivity index (χ0v) is 14.8. The predicted molar refractivity (Wildman–Crippen MR) is 96.9 cm³/mol. The van der Waals surface area contributed by atoms with E-state index in [2.05, 4.69) is 19.8 Å². The number of nitrogens with one attached hydrogen (secondary N) is 1. The molecule has 126 valence electrons. The highest BCUT2D eigenvalue weighted by Crippen LogP contribution is 2.26. The van der Waals surface area contributed by atoms with Crippen molar-refractivity contribution in [1.82, 2.24) is 19.7 Å². The minimum absolute atomic E-state index is 0.0972. The lowest BCUT2D eigenvalue weighted by Crippen LogP contribution is -2.14. The summed E-state index contributed by atoms with van der Waals surface area (Å²) in [5, 5.41) is 5.03. The van der Waals surface area contributed by atoms with Crippen LogP contribution in [-0.2, 0) is 17.1 Å². The zero-order valence-electron chi connectivity index (χ0n) is 13.1. The summed E-state index contributed by atoms with van der Waals surface area (Å²) in [5.41, 5.74) is 3.59. The van der Waals surface area contributed by atoms with E-state index in [1.54, 1.807) is 47.8 Å². The molecule has 3 aromatic heterocycles. The van der Waals surface area contributed by atoms with Crippen LogP contribution >= 0.6 is 11.3 Å². The van der Waals surface area contributed by atoms with Crippen LogP contribution in [0.3, 0.4) is 0 Å². The highest BCUT2D eigenvalue weighted by molar-refractivity contribution is 7.92. The number of sulfonamides is 1. The summed E-state index contributed by atoms with van der Waals surface area (Å²) in [6.07, 6.45) is 4.74. The minimum Gasteiger partial charge on any atom is -0.277 e. The van der Waals surface area contributed by atoms with E-state index >= 15 is 0 Å². The first-order chi connectivity index (χ1) is 12.0. The third kappa shape index (κ3) is 2.87. The van der Waals surface area contributed by atoms with Crippen molar-refractivity contribution in [1.29, 1.82) is 0 Å². The van der Waals surface area contributed by atoms with Crippen LogP contribution in [0.2, 0.25) is 0 Å². The number of anilines is 1. The largest absolute Gasteiger partial charge is 0.277 e. The van der Waals surface area contributed by atoms with Gasteiger partial charge < -0.3 is 0 Å². The third-order valence-corrected chi connectivity index (χ3v) is 5.88. The Morgan fingerprint density at radius 1 is 1.12 bits per heavy atom. The van der Waals surface area contributed by atoms with Gasteiger partial charge in [-0.2, -0.15) is 5.10 Å². The summed E-state index contributed by atoms with van der Waals surface area (Å²) in [6, 6.07) is 8.58. The SMILES string of the molecule is Cn1ncc2cccc(NS(=O)(=O)c3ccc(-c4cncs4)nc3)c21. The van der Waals surface area contributed by atoms with Crippen LogP contribution in [-0.4, -0.2) is 28.2 Å². The Kier molecular flexibility index (Phi) is 3.74. The van der Waals surface area contributed by atoms with Crippen molar-refractivity contribution >= 4 is 38.0 Å². The molecule has 0 saturated carbocycles. The second-order valence-corrected chi connectivity index (χ2v) is 7.93. The van der Waals surface area contributed by atoms with Gasteiger partial charge in [0.15, 0.2) is 0 Å². The number of benzene rings is 1. The zero-order chi connectivity index (χ0) is 17.4. The van der Waals surface area contributed by atoms with E-state index in [-0.39, 0.29) is 4.90 Å². The molecule has 0 bridgehead atoms. The molecule has 9 heteroatoms. The summed E-state index contributed by atoms with van der Waals surface area (Å²) in [7, 11) is -1.98. The molecule has 1 N–H and O–H groups in total. The molecule has 0 spiro atoms. The number of pyridine rings is 1. The molecule has 4 aromatic rings. The topological polar surface area (TPSA) is 89.8 Å². The van der Waals surface area contributed by atoms with Crippen molar-refractivity contribution in [2.24, 2.45) is 7.05 Å². The van der Waals surface area contributed by atoms with E-state index in [1.165, 1.54) is 23.6 Å². The first-order valence-electron chi connectivity index (χ1n) is 7.33. The van der Waals surface area contributed by atoms with E-state index in [9.17, 15) is 8.42 Å². The summed E-state index contributed by atoms with van der Waals surface area (Å²) < 4.78 is 29.6. The Balaban J connectivity index is 1.68. The van der Waals surface area contributed by atoms with Crippen molar-refractivity contribution in [3.05, 3.63) is 54.4 Å². The van der Waals surface area contributed by atoms with E-state index in [0.717, 1.165) is 15.8 Å². The van der Waals surface area contributed by atoms with Gasteiger partial charge >= 0.3 is 0 Å². The molecular formula is C16H13N5O2S2.